The summed E-state index contributed by atoms with van der Waals surface area (Å²) in [4.78, 5) is 0. The predicted molar refractivity (Wildman–Crippen MR) is 242 cm³/mol. The molecule has 1 aliphatic rings. The number of para-hydroxylation sites is 2. The highest BCUT2D eigenvalue weighted by Crippen LogP contribution is 2.42. The summed E-state index contributed by atoms with van der Waals surface area (Å²) in [5.41, 5.74) is 10.6. The van der Waals surface area contributed by atoms with E-state index in [4.69, 9.17) is 0 Å². The number of hydrogen-bond acceptors (Lipinski definition) is 2. The third-order valence-electron chi connectivity index (χ3n) is 11.4. The fourth-order valence-corrected chi connectivity index (χ4v) is 8.38. The van der Waals surface area contributed by atoms with Crippen LogP contribution in [0.15, 0.2) is 194 Å². The Balaban J connectivity index is 1.21. The lowest BCUT2D eigenvalue weighted by molar-refractivity contribution is 0.465. The Kier molecular flexibility index (Phi) is 9.59. The molecule has 0 bridgehead atoms. The van der Waals surface area contributed by atoms with Crippen LogP contribution < -0.4 is 10.6 Å². The van der Waals surface area contributed by atoms with Crippen LogP contribution in [0, 0.1) is 18.8 Å². The first kappa shape index (κ1) is 35.1. The van der Waals surface area contributed by atoms with Crippen molar-refractivity contribution in [1.29, 1.82) is 0 Å². The molecule has 0 radical (unpaired) electrons. The summed E-state index contributed by atoms with van der Waals surface area (Å²) in [5.74, 6) is 0.472. The lowest BCUT2D eigenvalue weighted by Gasteiger charge is -2.31. The van der Waals surface area contributed by atoms with Crippen LogP contribution in [0.25, 0.3) is 54.5 Å². The second-order valence-electron chi connectivity index (χ2n) is 15.2. The van der Waals surface area contributed by atoms with Crippen molar-refractivity contribution in [1.82, 2.24) is 4.57 Å². The van der Waals surface area contributed by atoms with Gasteiger partial charge in [0.1, 0.15) is 6.17 Å². The van der Waals surface area contributed by atoms with Gasteiger partial charge in [-0.3, -0.25) is 0 Å². The molecule has 274 valence electrons. The molecule has 0 amide bonds. The van der Waals surface area contributed by atoms with E-state index in [0.29, 0.717) is 5.92 Å². The minimum absolute atomic E-state index is 0.0848. The van der Waals surface area contributed by atoms with Gasteiger partial charge in [-0.15, -0.1) is 0 Å². The Labute approximate surface area is 330 Å². The number of fused-ring (bicyclic) bond motifs is 6. The largest absolute Gasteiger partial charge is 0.364 e. The van der Waals surface area contributed by atoms with Crippen LogP contribution in [0.5, 0.6) is 0 Å². The minimum Gasteiger partial charge on any atom is -0.364 e. The van der Waals surface area contributed by atoms with E-state index in [0.717, 1.165) is 23.5 Å². The smallest absolute Gasteiger partial charge is 0.110 e. The summed E-state index contributed by atoms with van der Waals surface area (Å²) >= 11 is 0. The molecule has 2 N–H and O–H groups in total. The number of nitrogens with one attached hydrogen (secondary N) is 2. The van der Waals surface area contributed by atoms with Gasteiger partial charge < -0.3 is 15.2 Å². The zero-order valence-corrected chi connectivity index (χ0v) is 32.3. The minimum atomic E-state index is -0.0848. The molecule has 7 aromatic carbocycles. The van der Waals surface area contributed by atoms with Crippen LogP contribution in [0.4, 0.5) is 17.1 Å². The normalized spacial score (nSPS) is 16.8. The average molecular weight is 726 g/mol. The van der Waals surface area contributed by atoms with Gasteiger partial charge >= 0.3 is 0 Å². The van der Waals surface area contributed by atoms with E-state index in [1.165, 1.54) is 65.6 Å². The van der Waals surface area contributed by atoms with E-state index < -0.39 is 0 Å². The maximum Gasteiger partial charge on any atom is 0.110 e. The fraction of sp³-hybridized carbons (Fsp3) is 0.132. The molecule has 8 aromatic rings. The molecule has 0 saturated carbocycles. The molecule has 3 unspecified atom stereocenters. The summed E-state index contributed by atoms with van der Waals surface area (Å²) in [6.45, 7) is 6.82. The molecular weight excluding hydrogens is 679 g/mol. The molecule has 56 heavy (non-hydrogen) atoms. The lowest BCUT2D eigenvalue weighted by atomic mass is 9.93. The van der Waals surface area contributed by atoms with Gasteiger partial charge in [-0.05, 0) is 100.0 Å². The van der Waals surface area contributed by atoms with Gasteiger partial charge in [0.05, 0.1) is 11.0 Å². The summed E-state index contributed by atoms with van der Waals surface area (Å²) < 4.78 is 2.56. The van der Waals surface area contributed by atoms with Crippen LogP contribution in [-0.2, 0) is 0 Å². The Morgan fingerprint density at radius 1 is 0.643 bits per heavy atom. The van der Waals surface area contributed by atoms with E-state index >= 15 is 0 Å². The number of hydrogen-bond donors (Lipinski definition) is 2. The van der Waals surface area contributed by atoms with Crippen LogP contribution >= 0.6 is 0 Å². The fourth-order valence-electron chi connectivity index (χ4n) is 8.38. The first-order valence-corrected chi connectivity index (χ1v) is 19.9. The zero-order valence-electron chi connectivity index (χ0n) is 32.3. The van der Waals surface area contributed by atoms with E-state index in [1.54, 1.807) is 0 Å². The Morgan fingerprint density at radius 3 is 2.25 bits per heavy atom. The van der Waals surface area contributed by atoms with Crippen molar-refractivity contribution >= 4 is 60.4 Å². The molecule has 1 aromatic heterocycles. The van der Waals surface area contributed by atoms with Gasteiger partial charge in [0.15, 0.2) is 0 Å². The molecule has 0 spiro atoms. The van der Waals surface area contributed by atoms with Crippen molar-refractivity contribution in [3.8, 4) is 11.1 Å². The number of allylic oxidation sites excluding steroid dienone is 7. The SMILES string of the molecule is Cc1ccccc1NC(C(C)C1=CC/C=C\C=C/C(C)C=C1)n1c2ccc(Nc3ccccc3-c3ccc4ccccc4c3)cc2c2c3ccccc3ccc21. The van der Waals surface area contributed by atoms with Gasteiger partial charge in [-0.2, -0.15) is 0 Å². The molecule has 1 aliphatic carbocycles. The number of nitrogens with zero attached hydrogens (tertiary/aromatic N) is 1. The Hall–Kier alpha value is -6.58. The van der Waals surface area contributed by atoms with Gasteiger partial charge in [0.25, 0.3) is 0 Å². The molecule has 0 fully saturated rings. The molecular formula is C53H47N3. The van der Waals surface area contributed by atoms with Crippen LogP contribution in [-0.4, -0.2) is 4.57 Å². The van der Waals surface area contributed by atoms with Crippen LogP contribution in [0.1, 0.15) is 32.0 Å². The van der Waals surface area contributed by atoms with Crippen LogP contribution in [0.3, 0.4) is 0 Å². The molecule has 3 nitrogen and oxygen atoms in total. The summed E-state index contributed by atoms with van der Waals surface area (Å²) in [5, 5.41) is 15.4. The first-order chi connectivity index (χ1) is 27.5. The molecule has 0 saturated heterocycles. The van der Waals surface area contributed by atoms with Gasteiger partial charge in [-0.1, -0.05) is 160 Å². The lowest BCUT2D eigenvalue weighted by Crippen LogP contribution is -2.26. The molecule has 1 heterocycles. The van der Waals surface area contributed by atoms with Gasteiger partial charge in [0.2, 0.25) is 0 Å². The van der Waals surface area contributed by atoms with E-state index in [2.05, 4.69) is 224 Å². The second kappa shape index (κ2) is 15.3. The summed E-state index contributed by atoms with van der Waals surface area (Å²) in [6, 6.07) is 52.9. The van der Waals surface area contributed by atoms with Gasteiger partial charge in [-0.25, -0.2) is 0 Å². The Bertz CT molecular complexity index is 2850. The quantitative estimate of drug-likeness (QED) is 0.163. The zero-order chi connectivity index (χ0) is 38.0. The maximum atomic E-state index is 4.09. The van der Waals surface area contributed by atoms with Crippen LogP contribution in [0.2, 0.25) is 0 Å². The molecule has 9 rings (SSSR count). The predicted octanol–water partition coefficient (Wildman–Crippen LogP) is 14.7. The monoisotopic (exact) mass is 725 g/mol. The number of aryl methyl sites for hydroxylation is 1. The van der Waals surface area contributed by atoms with Crippen molar-refractivity contribution in [3.63, 3.8) is 0 Å². The highest BCUT2D eigenvalue weighted by Gasteiger charge is 2.27. The molecule has 3 atom stereocenters. The maximum absolute atomic E-state index is 4.09. The summed E-state index contributed by atoms with van der Waals surface area (Å²) in [7, 11) is 0. The summed E-state index contributed by atoms with van der Waals surface area (Å²) in [6.07, 6.45) is 16.7. The van der Waals surface area contributed by atoms with E-state index in [1.807, 2.05) is 0 Å². The average Bonchev–Trinajstić information content (AvgIpc) is 3.56. The van der Waals surface area contributed by atoms with Gasteiger partial charge in [0, 0.05) is 39.3 Å². The Morgan fingerprint density at radius 2 is 1.38 bits per heavy atom. The van der Waals surface area contributed by atoms with Crippen molar-refractivity contribution in [2.24, 2.45) is 11.8 Å². The van der Waals surface area contributed by atoms with Crippen molar-refractivity contribution in [2.45, 2.75) is 33.4 Å². The molecule has 0 aliphatic heterocycles. The molecule has 3 heteroatoms. The highest BCUT2D eigenvalue weighted by molar-refractivity contribution is 6.21. The van der Waals surface area contributed by atoms with E-state index in [-0.39, 0.29) is 12.1 Å². The number of anilines is 3. The third-order valence-corrected chi connectivity index (χ3v) is 11.4. The van der Waals surface area contributed by atoms with E-state index in [9.17, 15) is 0 Å². The topological polar surface area (TPSA) is 29.0 Å². The number of rotatable bonds is 8. The highest BCUT2D eigenvalue weighted by atomic mass is 15.2. The van der Waals surface area contributed by atoms with Crippen molar-refractivity contribution in [3.05, 3.63) is 199 Å². The third kappa shape index (κ3) is 6.82. The van der Waals surface area contributed by atoms with Crippen molar-refractivity contribution in [2.75, 3.05) is 10.6 Å². The second-order valence-corrected chi connectivity index (χ2v) is 15.2. The first-order valence-electron chi connectivity index (χ1n) is 19.9. The number of aromatic nitrogens is 1. The standard InChI is InChI=1S/C53H47N3/c1-36-16-6-4-5-7-18-39(27-26-36)38(3)53(55-48-24-14-8-17-37(48)2)56-50-33-31-44(35-47(50)52-46-23-12-11-20-41(46)30-32-51(52)56)54-49-25-15-13-22-45(49)43-29-28-40-19-9-10-21-42(40)34-43/h4-6,8-36,38,53-55H,7H2,1-3H3/b5-4-,16-6-,27-26?,39-18?. The van der Waals surface area contributed by atoms with Crippen molar-refractivity contribution < 1.29 is 0 Å². The number of benzene rings is 7.